The summed E-state index contributed by atoms with van der Waals surface area (Å²) in [5.41, 5.74) is 0.711. The summed E-state index contributed by atoms with van der Waals surface area (Å²) < 4.78 is 0. The molecule has 0 unspecified atom stereocenters. The minimum absolute atomic E-state index is 0.0343. The molecule has 0 spiro atoms. The molecule has 0 heterocycles. The highest BCUT2D eigenvalue weighted by Crippen LogP contribution is 2.24. The number of benzene rings is 1. The fourth-order valence-corrected chi connectivity index (χ4v) is 1.28. The van der Waals surface area contributed by atoms with E-state index in [1.165, 1.54) is 18.2 Å². The van der Waals surface area contributed by atoms with Crippen LogP contribution in [0.5, 0.6) is 5.75 Å². The van der Waals surface area contributed by atoms with Crippen LogP contribution < -0.4 is 0 Å². The molecule has 0 atom stereocenters. The Morgan fingerprint density at radius 1 is 1.67 bits per heavy atom. The zero-order chi connectivity index (χ0) is 11.4. The van der Waals surface area contributed by atoms with Gasteiger partial charge in [0.2, 0.25) is 5.70 Å². The molecule has 0 aliphatic heterocycles. The molecule has 4 nitrogen and oxygen atoms in total. The Hall–Kier alpha value is -1.55. The fourth-order valence-electron chi connectivity index (χ4n) is 1.09. The van der Waals surface area contributed by atoms with Crippen LogP contribution in [0.3, 0.4) is 0 Å². The second kappa shape index (κ2) is 4.79. The van der Waals surface area contributed by atoms with Crippen LogP contribution in [0, 0.1) is 10.1 Å². The molecule has 0 bridgehead atoms. The molecule has 5 heteroatoms. The summed E-state index contributed by atoms with van der Waals surface area (Å²) in [5, 5.41) is 19.9. The smallest absolute Gasteiger partial charge is 0.246 e. The number of phenols is 1. The van der Waals surface area contributed by atoms with E-state index < -0.39 is 4.92 Å². The largest absolute Gasteiger partial charge is 0.506 e. The third kappa shape index (κ3) is 2.95. The second-order valence-electron chi connectivity index (χ2n) is 2.96. The SMILES string of the molecule is CC/C(=C/c1ccc(O)c(Cl)c1)[N+](=O)[O-]. The van der Waals surface area contributed by atoms with Gasteiger partial charge in [-0.2, -0.15) is 0 Å². The molecule has 1 aromatic carbocycles. The van der Waals surface area contributed by atoms with Crippen molar-refractivity contribution in [1.82, 2.24) is 0 Å². The lowest BCUT2D eigenvalue weighted by molar-refractivity contribution is -0.425. The zero-order valence-electron chi connectivity index (χ0n) is 8.11. The van der Waals surface area contributed by atoms with Crippen LogP contribution in [-0.4, -0.2) is 10.0 Å². The van der Waals surface area contributed by atoms with Crippen molar-refractivity contribution in [3.8, 4) is 5.75 Å². The minimum atomic E-state index is -0.430. The fraction of sp³-hybridized carbons (Fsp3) is 0.200. The number of nitrogens with zero attached hydrogens (tertiary/aromatic N) is 1. The zero-order valence-corrected chi connectivity index (χ0v) is 8.86. The molecule has 15 heavy (non-hydrogen) atoms. The van der Waals surface area contributed by atoms with Gasteiger partial charge in [0, 0.05) is 12.5 Å². The van der Waals surface area contributed by atoms with Crippen LogP contribution in [0.25, 0.3) is 6.08 Å². The number of rotatable bonds is 3. The second-order valence-corrected chi connectivity index (χ2v) is 3.36. The summed E-state index contributed by atoms with van der Waals surface area (Å²) in [5.74, 6) is -0.0343. The first kappa shape index (κ1) is 11.5. The molecule has 0 aliphatic carbocycles. The first-order valence-electron chi connectivity index (χ1n) is 4.38. The van der Waals surface area contributed by atoms with E-state index in [9.17, 15) is 10.1 Å². The Labute approximate surface area is 92.0 Å². The summed E-state index contributed by atoms with van der Waals surface area (Å²) in [4.78, 5) is 10.1. The van der Waals surface area contributed by atoms with Crippen molar-refractivity contribution < 1.29 is 10.0 Å². The molecule has 0 aromatic heterocycles. The number of hydrogen-bond acceptors (Lipinski definition) is 3. The quantitative estimate of drug-likeness (QED) is 0.638. The predicted molar refractivity (Wildman–Crippen MR) is 58.4 cm³/mol. The van der Waals surface area contributed by atoms with E-state index in [1.54, 1.807) is 13.0 Å². The van der Waals surface area contributed by atoms with Crippen molar-refractivity contribution >= 4 is 17.7 Å². The number of hydrogen-bond donors (Lipinski definition) is 1. The summed E-state index contributed by atoms with van der Waals surface area (Å²) in [6.45, 7) is 1.71. The maximum Gasteiger partial charge on any atom is 0.246 e. The molecule has 0 amide bonds. The van der Waals surface area contributed by atoms with E-state index in [0.717, 1.165) is 0 Å². The average Bonchev–Trinajstić information content (AvgIpc) is 2.19. The Kier molecular flexibility index (Phi) is 3.68. The molecule has 80 valence electrons. The molecule has 0 radical (unpaired) electrons. The molecule has 1 N–H and O–H groups in total. The Morgan fingerprint density at radius 3 is 2.80 bits per heavy atom. The van der Waals surface area contributed by atoms with Gasteiger partial charge in [0.1, 0.15) is 5.75 Å². The molecule has 0 aliphatic rings. The molecular formula is C10H10ClNO3. The summed E-state index contributed by atoms with van der Waals surface area (Å²) in [7, 11) is 0. The average molecular weight is 228 g/mol. The molecule has 0 fully saturated rings. The van der Waals surface area contributed by atoms with Gasteiger partial charge in [-0.1, -0.05) is 24.6 Å². The van der Waals surface area contributed by atoms with E-state index in [4.69, 9.17) is 16.7 Å². The van der Waals surface area contributed by atoms with Gasteiger partial charge in [0.15, 0.2) is 0 Å². The van der Waals surface area contributed by atoms with E-state index >= 15 is 0 Å². The molecule has 0 saturated carbocycles. The maximum atomic E-state index is 10.5. The number of halogens is 1. The highest BCUT2D eigenvalue weighted by atomic mass is 35.5. The van der Waals surface area contributed by atoms with Crippen molar-refractivity contribution in [3.63, 3.8) is 0 Å². The van der Waals surface area contributed by atoms with Gasteiger partial charge in [-0.3, -0.25) is 10.1 Å². The van der Waals surface area contributed by atoms with Gasteiger partial charge in [-0.05, 0) is 17.7 Å². The lowest BCUT2D eigenvalue weighted by Crippen LogP contribution is -1.96. The van der Waals surface area contributed by atoms with Crippen molar-refractivity contribution in [2.75, 3.05) is 0 Å². The van der Waals surface area contributed by atoms with E-state index in [-0.39, 0.29) is 16.5 Å². The van der Waals surface area contributed by atoms with E-state index in [0.29, 0.717) is 12.0 Å². The van der Waals surface area contributed by atoms with Crippen LogP contribution in [-0.2, 0) is 0 Å². The summed E-state index contributed by atoms with van der Waals surface area (Å²) >= 11 is 5.67. The Bertz CT molecular complexity index is 415. The first-order valence-corrected chi connectivity index (χ1v) is 4.76. The van der Waals surface area contributed by atoms with Crippen LogP contribution in [0.15, 0.2) is 23.9 Å². The molecule has 0 saturated heterocycles. The molecular weight excluding hydrogens is 218 g/mol. The van der Waals surface area contributed by atoms with Crippen LogP contribution in [0.4, 0.5) is 0 Å². The highest BCUT2D eigenvalue weighted by molar-refractivity contribution is 6.32. The third-order valence-corrected chi connectivity index (χ3v) is 2.20. The van der Waals surface area contributed by atoms with Crippen LogP contribution >= 0.6 is 11.6 Å². The van der Waals surface area contributed by atoms with Crippen molar-refractivity contribution in [3.05, 3.63) is 44.6 Å². The normalized spacial score (nSPS) is 11.5. The number of nitro groups is 1. The van der Waals surface area contributed by atoms with Gasteiger partial charge in [-0.15, -0.1) is 0 Å². The topological polar surface area (TPSA) is 63.4 Å². The van der Waals surface area contributed by atoms with Gasteiger partial charge >= 0.3 is 0 Å². The Balaban J connectivity index is 3.07. The lowest BCUT2D eigenvalue weighted by Gasteiger charge is -1.98. The lowest BCUT2D eigenvalue weighted by atomic mass is 10.1. The van der Waals surface area contributed by atoms with Gasteiger partial charge in [0.05, 0.1) is 9.95 Å². The van der Waals surface area contributed by atoms with Gasteiger partial charge < -0.3 is 5.11 Å². The monoisotopic (exact) mass is 227 g/mol. The molecule has 1 aromatic rings. The molecule has 1 rings (SSSR count). The first-order chi connectivity index (χ1) is 7.04. The Morgan fingerprint density at radius 2 is 2.33 bits per heavy atom. The maximum absolute atomic E-state index is 10.5. The van der Waals surface area contributed by atoms with E-state index in [2.05, 4.69) is 0 Å². The summed E-state index contributed by atoms with van der Waals surface area (Å²) in [6, 6.07) is 4.46. The van der Waals surface area contributed by atoms with Crippen molar-refractivity contribution in [2.24, 2.45) is 0 Å². The third-order valence-electron chi connectivity index (χ3n) is 1.90. The number of phenolic OH excluding ortho intramolecular Hbond substituents is 1. The van der Waals surface area contributed by atoms with Gasteiger partial charge in [-0.25, -0.2) is 0 Å². The van der Waals surface area contributed by atoms with Gasteiger partial charge in [0.25, 0.3) is 0 Å². The van der Waals surface area contributed by atoms with Crippen molar-refractivity contribution in [1.29, 1.82) is 0 Å². The highest BCUT2D eigenvalue weighted by Gasteiger charge is 2.07. The van der Waals surface area contributed by atoms with E-state index in [1.807, 2.05) is 0 Å². The van der Waals surface area contributed by atoms with Crippen molar-refractivity contribution in [2.45, 2.75) is 13.3 Å². The summed E-state index contributed by atoms with van der Waals surface area (Å²) in [6.07, 6.45) is 1.77. The predicted octanol–water partition coefficient (Wildman–Crippen LogP) is 3.07. The minimum Gasteiger partial charge on any atom is -0.506 e. The van der Waals surface area contributed by atoms with Crippen LogP contribution in [0.1, 0.15) is 18.9 Å². The number of aromatic hydroxyl groups is 1. The van der Waals surface area contributed by atoms with Crippen LogP contribution in [0.2, 0.25) is 5.02 Å². The number of allylic oxidation sites excluding steroid dienone is 1. The standard InChI is InChI=1S/C10H10ClNO3/c1-2-8(12(14)15)5-7-3-4-10(13)9(11)6-7/h3-6,13H,2H2,1H3/b8-5-.